The van der Waals surface area contributed by atoms with Crippen LogP contribution in [0, 0.1) is 23.7 Å². The first kappa shape index (κ1) is 11.7. The quantitative estimate of drug-likeness (QED) is 0.753. The number of hydrogen-bond donors (Lipinski definition) is 1. The molecular weight excluding hydrogens is 234 g/mol. The minimum Gasteiger partial charge on any atom is -0.481 e. The molecule has 18 heavy (non-hydrogen) atoms. The van der Waals surface area contributed by atoms with E-state index in [9.17, 15) is 14.4 Å². The lowest BCUT2D eigenvalue weighted by Crippen LogP contribution is -2.33. The van der Waals surface area contributed by atoms with Crippen molar-refractivity contribution in [1.82, 2.24) is 4.90 Å². The Labute approximate surface area is 105 Å². The van der Waals surface area contributed by atoms with E-state index in [0.29, 0.717) is 18.3 Å². The first-order valence-corrected chi connectivity index (χ1v) is 6.66. The minimum absolute atomic E-state index is 0.0131. The highest BCUT2D eigenvalue weighted by molar-refractivity contribution is 6.06. The molecule has 0 unspecified atom stereocenters. The third-order valence-corrected chi connectivity index (χ3v) is 4.79. The van der Waals surface area contributed by atoms with Gasteiger partial charge in [-0.25, -0.2) is 0 Å². The molecule has 2 aliphatic carbocycles. The number of amides is 2. The first-order chi connectivity index (χ1) is 8.59. The van der Waals surface area contributed by atoms with Gasteiger partial charge in [0.25, 0.3) is 0 Å². The van der Waals surface area contributed by atoms with Crippen molar-refractivity contribution in [2.75, 3.05) is 6.54 Å². The highest BCUT2D eigenvalue weighted by Crippen LogP contribution is 2.56. The molecule has 1 saturated heterocycles. The Hall–Kier alpha value is -1.39. The van der Waals surface area contributed by atoms with Crippen molar-refractivity contribution in [2.24, 2.45) is 23.7 Å². The number of carboxylic acid groups (broad SMARTS) is 1. The maximum atomic E-state index is 12.2. The van der Waals surface area contributed by atoms with E-state index in [1.54, 1.807) is 0 Å². The van der Waals surface area contributed by atoms with Gasteiger partial charge in [-0.2, -0.15) is 0 Å². The van der Waals surface area contributed by atoms with Crippen LogP contribution in [0.4, 0.5) is 0 Å². The molecule has 0 aromatic rings. The zero-order valence-corrected chi connectivity index (χ0v) is 10.2. The molecule has 2 amide bonds. The normalized spacial score (nSPS) is 37.4. The molecule has 98 valence electrons. The molecule has 3 aliphatic rings. The second kappa shape index (κ2) is 4.07. The van der Waals surface area contributed by atoms with E-state index in [2.05, 4.69) is 0 Å². The van der Waals surface area contributed by atoms with Crippen molar-refractivity contribution in [3.05, 3.63) is 0 Å². The van der Waals surface area contributed by atoms with Gasteiger partial charge in [-0.1, -0.05) is 0 Å². The second-order valence-electron chi connectivity index (χ2n) is 5.71. The molecule has 1 heterocycles. The van der Waals surface area contributed by atoms with Crippen molar-refractivity contribution in [1.29, 1.82) is 0 Å². The Morgan fingerprint density at radius 2 is 1.72 bits per heavy atom. The van der Waals surface area contributed by atoms with Gasteiger partial charge in [0.2, 0.25) is 11.8 Å². The first-order valence-electron chi connectivity index (χ1n) is 6.66. The average molecular weight is 251 g/mol. The third kappa shape index (κ3) is 1.56. The summed E-state index contributed by atoms with van der Waals surface area (Å²) >= 11 is 0. The molecule has 0 aromatic carbocycles. The fourth-order valence-corrected chi connectivity index (χ4v) is 4.08. The Morgan fingerprint density at radius 1 is 1.17 bits per heavy atom. The molecule has 5 nitrogen and oxygen atoms in total. The summed E-state index contributed by atoms with van der Waals surface area (Å²) in [5.41, 5.74) is 0. The highest BCUT2D eigenvalue weighted by Gasteiger charge is 2.60. The predicted molar refractivity (Wildman–Crippen MR) is 61.4 cm³/mol. The van der Waals surface area contributed by atoms with Gasteiger partial charge in [-0.15, -0.1) is 0 Å². The number of rotatable bonds is 4. The van der Waals surface area contributed by atoms with Gasteiger partial charge in [0.15, 0.2) is 0 Å². The standard InChI is InChI=1S/C13H17NO4/c15-9(16)2-1-5-14-12(17)10-7-3-4-8(6-7)11(10)13(14)18/h7-8,10-11H,1-6H2,(H,15,16)/t7-,8-,10-,11-/m0/s1. The smallest absolute Gasteiger partial charge is 0.303 e. The van der Waals surface area contributed by atoms with Gasteiger partial charge < -0.3 is 5.11 Å². The van der Waals surface area contributed by atoms with Crippen LogP contribution in [-0.2, 0) is 14.4 Å². The summed E-state index contributed by atoms with van der Waals surface area (Å²) in [4.78, 5) is 36.2. The number of carbonyl (C=O) groups is 3. The molecule has 3 fully saturated rings. The summed E-state index contributed by atoms with van der Waals surface area (Å²) in [6.07, 6.45) is 3.57. The van der Waals surface area contributed by atoms with Crippen molar-refractivity contribution in [3.63, 3.8) is 0 Å². The number of carboxylic acids is 1. The number of imide groups is 1. The van der Waals surface area contributed by atoms with Gasteiger partial charge >= 0.3 is 5.97 Å². The van der Waals surface area contributed by atoms with Crippen LogP contribution in [0.2, 0.25) is 0 Å². The SMILES string of the molecule is O=C(O)CCCN1C(=O)[C@H]2[C@H]3CC[C@@H](C3)[C@@H]2C1=O. The van der Waals surface area contributed by atoms with Crippen LogP contribution in [0.5, 0.6) is 0 Å². The van der Waals surface area contributed by atoms with Gasteiger partial charge in [-0.3, -0.25) is 19.3 Å². The maximum Gasteiger partial charge on any atom is 0.303 e. The van der Waals surface area contributed by atoms with Crippen molar-refractivity contribution in [2.45, 2.75) is 32.1 Å². The molecule has 0 radical (unpaired) electrons. The zero-order chi connectivity index (χ0) is 12.9. The number of fused-ring (bicyclic) bond motifs is 5. The van der Waals surface area contributed by atoms with Crippen molar-refractivity contribution in [3.8, 4) is 0 Å². The lowest BCUT2D eigenvalue weighted by molar-refractivity contribution is -0.142. The van der Waals surface area contributed by atoms with Crippen LogP contribution in [0.25, 0.3) is 0 Å². The van der Waals surface area contributed by atoms with Crippen LogP contribution in [-0.4, -0.2) is 34.3 Å². The summed E-state index contributed by atoms with van der Waals surface area (Å²) in [6.45, 7) is 0.274. The minimum atomic E-state index is -0.880. The van der Waals surface area contributed by atoms with Crippen molar-refractivity contribution < 1.29 is 19.5 Å². The van der Waals surface area contributed by atoms with Crippen molar-refractivity contribution >= 4 is 17.8 Å². The number of carbonyl (C=O) groups excluding carboxylic acids is 2. The van der Waals surface area contributed by atoms with E-state index < -0.39 is 5.97 Å². The largest absolute Gasteiger partial charge is 0.481 e. The molecule has 1 N–H and O–H groups in total. The van der Waals surface area contributed by atoms with E-state index in [0.717, 1.165) is 19.3 Å². The predicted octanol–water partition coefficient (Wildman–Crippen LogP) is 0.882. The van der Waals surface area contributed by atoms with Gasteiger partial charge in [0.05, 0.1) is 11.8 Å². The summed E-state index contributed by atoms with van der Waals surface area (Å²) < 4.78 is 0. The topological polar surface area (TPSA) is 74.7 Å². The fourth-order valence-electron chi connectivity index (χ4n) is 4.08. The zero-order valence-electron chi connectivity index (χ0n) is 10.2. The van der Waals surface area contributed by atoms with Gasteiger partial charge in [-0.05, 0) is 37.5 Å². The number of nitrogens with zero attached hydrogens (tertiary/aromatic N) is 1. The molecule has 0 aromatic heterocycles. The Balaban J connectivity index is 1.69. The van der Waals surface area contributed by atoms with Crippen LogP contribution in [0.3, 0.4) is 0 Å². The van der Waals surface area contributed by atoms with Crippen LogP contribution >= 0.6 is 0 Å². The Morgan fingerprint density at radius 3 is 2.22 bits per heavy atom. The van der Waals surface area contributed by atoms with Gasteiger partial charge in [0, 0.05) is 13.0 Å². The van der Waals surface area contributed by atoms with E-state index in [4.69, 9.17) is 5.11 Å². The van der Waals surface area contributed by atoms with E-state index in [-0.39, 0.29) is 36.6 Å². The summed E-state index contributed by atoms with van der Waals surface area (Å²) in [5.74, 6) is -0.316. The number of aliphatic carboxylic acids is 1. The third-order valence-electron chi connectivity index (χ3n) is 4.79. The van der Waals surface area contributed by atoms with E-state index in [1.807, 2.05) is 0 Å². The highest BCUT2D eigenvalue weighted by atomic mass is 16.4. The number of likely N-dealkylation sites (tertiary alicyclic amines) is 1. The summed E-state index contributed by atoms with van der Waals surface area (Å²) in [6, 6.07) is 0. The molecule has 1 aliphatic heterocycles. The number of hydrogen-bond acceptors (Lipinski definition) is 3. The Bertz CT molecular complexity index is 391. The van der Waals surface area contributed by atoms with Crippen LogP contribution in [0.15, 0.2) is 0 Å². The summed E-state index contributed by atoms with van der Waals surface area (Å²) in [7, 11) is 0. The molecule has 4 atom stereocenters. The Kier molecular flexibility index (Phi) is 2.64. The van der Waals surface area contributed by atoms with E-state index in [1.165, 1.54) is 4.90 Å². The lowest BCUT2D eigenvalue weighted by Gasteiger charge is -2.19. The summed E-state index contributed by atoms with van der Waals surface area (Å²) in [5, 5.41) is 8.59. The molecule has 0 spiro atoms. The molecule has 3 rings (SSSR count). The van der Waals surface area contributed by atoms with E-state index >= 15 is 0 Å². The molecule has 2 saturated carbocycles. The molecular formula is C13H17NO4. The monoisotopic (exact) mass is 251 g/mol. The average Bonchev–Trinajstić information content (AvgIpc) is 2.97. The molecule has 5 heteroatoms. The lowest BCUT2D eigenvalue weighted by atomic mass is 9.81. The molecule has 2 bridgehead atoms. The van der Waals surface area contributed by atoms with Gasteiger partial charge in [0.1, 0.15) is 0 Å². The maximum absolute atomic E-state index is 12.2. The van der Waals surface area contributed by atoms with Crippen LogP contribution in [0.1, 0.15) is 32.1 Å². The fraction of sp³-hybridized carbons (Fsp3) is 0.769. The van der Waals surface area contributed by atoms with Crippen LogP contribution < -0.4 is 0 Å². The second-order valence-corrected chi connectivity index (χ2v) is 5.71.